The largest absolute Gasteiger partial charge is 0.364 e. The Morgan fingerprint density at radius 3 is 1.90 bits per heavy atom. The van der Waals surface area contributed by atoms with Crippen LogP contribution in [-0.2, 0) is 20.6 Å². The van der Waals surface area contributed by atoms with E-state index in [0.29, 0.717) is 37.9 Å². The number of rotatable bonds is 9. The molecule has 0 aliphatic carbocycles. The fourth-order valence-corrected chi connectivity index (χ4v) is 1.58. The summed E-state index contributed by atoms with van der Waals surface area (Å²) in [6.07, 6.45) is 0.719. The topological polar surface area (TPSA) is 72.8 Å². The highest BCUT2D eigenvalue weighted by molar-refractivity contribution is 5.37. The second kappa shape index (κ2) is 8.62. The molecule has 0 spiro atoms. The van der Waals surface area contributed by atoms with Gasteiger partial charge in [0, 0.05) is 34.8 Å². The minimum absolute atomic E-state index is 0.342. The molecule has 0 fully saturated rings. The number of aryl methyl sites for hydroxylation is 1. The van der Waals surface area contributed by atoms with E-state index >= 15 is 0 Å². The summed E-state index contributed by atoms with van der Waals surface area (Å²) in [4.78, 5) is 16.8. The number of aromatic nitrogens is 3. The van der Waals surface area contributed by atoms with Crippen molar-refractivity contribution in [2.45, 2.75) is 13.3 Å². The Kier molecular flexibility index (Phi) is 7.13. The van der Waals surface area contributed by atoms with Gasteiger partial charge in [-0.25, -0.2) is 0 Å². The van der Waals surface area contributed by atoms with E-state index in [2.05, 4.69) is 15.0 Å². The van der Waals surface area contributed by atoms with Crippen molar-refractivity contribution in [2.75, 3.05) is 58.4 Å². The van der Waals surface area contributed by atoms with E-state index in [-0.39, 0.29) is 0 Å². The van der Waals surface area contributed by atoms with Crippen molar-refractivity contribution >= 4 is 11.9 Å². The van der Waals surface area contributed by atoms with Gasteiger partial charge in [0.15, 0.2) is 0 Å². The number of nitrogens with zero attached hydrogens (tertiary/aromatic N) is 5. The molecular formula is C12H23N5O3. The molecule has 8 heteroatoms. The third-order valence-electron chi connectivity index (χ3n) is 2.49. The molecule has 1 heterocycles. The SMILES string of the molecule is CCc1nc(N(C)COC)nc(N(COC)COC)n1. The average molecular weight is 285 g/mol. The Morgan fingerprint density at radius 1 is 0.850 bits per heavy atom. The quantitative estimate of drug-likeness (QED) is 0.607. The van der Waals surface area contributed by atoms with Crippen LogP contribution in [0.4, 0.5) is 11.9 Å². The molecule has 0 aliphatic heterocycles. The van der Waals surface area contributed by atoms with E-state index in [1.807, 2.05) is 18.9 Å². The molecule has 114 valence electrons. The lowest BCUT2D eigenvalue weighted by atomic mass is 10.4. The fraction of sp³-hybridized carbons (Fsp3) is 0.750. The minimum Gasteiger partial charge on any atom is -0.364 e. The molecule has 8 nitrogen and oxygen atoms in total. The van der Waals surface area contributed by atoms with Crippen LogP contribution >= 0.6 is 0 Å². The Bertz CT molecular complexity index is 399. The van der Waals surface area contributed by atoms with Crippen LogP contribution in [0.5, 0.6) is 0 Å². The third kappa shape index (κ3) is 4.55. The molecule has 0 radical (unpaired) electrons. The van der Waals surface area contributed by atoms with E-state index in [4.69, 9.17) is 14.2 Å². The summed E-state index contributed by atoms with van der Waals surface area (Å²) in [6, 6.07) is 0. The van der Waals surface area contributed by atoms with Gasteiger partial charge in [-0.1, -0.05) is 6.92 Å². The molecule has 0 saturated carbocycles. The highest BCUT2D eigenvalue weighted by atomic mass is 16.5. The summed E-state index contributed by atoms with van der Waals surface area (Å²) in [5.41, 5.74) is 0. The summed E-state index contributed by atoms with van der Waals surface area (Å²) in [7, 11) is 6.71. The van der Waals surface area contributed by atoms with Gasteiger partial charge in [0.25, 0.3) is 0 Å². The van der Waals surface area contributed by atoms with Crippen molar-refractivity contribution in [3.05, 3.63) is 5.82 Å². The molecule has 0 bridgehead atoms. The first kappa shape index (κ1) is 16.5. The number of anilines is 2. The first-order valence-electron chi connectivity index (χ1n) is 6.34. The van der Waals surface area contributed by atoms with Gasteiger partial charge in [0.2, 0.25) is 11.9 Å². The smallest absolute Gasteiger partial charge is 0.234 e. The van der Waals surface area contributed by atoms with Crippen LogP contribution in [0.1, 0.15) is 12.7 Å². The fourth-order valence-electron chi connectivity index (χ4n) is 1.58. The maximum absolute atomic E-state index is 5.14. The van der Waals surface area contributed by atoms with Crippen LogP contribution in [0.25, 0.3) is 0 Å². The normalized spacial score (nSPS) is 10.7. The highest BCUT2D eigenvalue weighted by Gasteiger charge is 2.14. The predicted molar refractivity (Wildman–Crippen MR) is 75.7 cm³/mol. The first-order chi connectivity index (χ1) is 9.65. The van der Waals surface area contributed by atoms with E-state index < -0.39 is 0 Å². The van der Waals surface area contributed by atoms with E-state index in [9.17, 15) is 0 Å². The van der Waals surface area contributed by atoms with Gasteiger partial charge in [0.05, 0.1) is 0 Å². The zero-order valence-corrected chi connectivity index (χ0v) is 12.8. The number of hydrogen-bond donors (Lipinski definition) is 0. The summed E-state index contributed by atoms with van der Waals surface area (Å²) in [5, 5.41) is 0. The lowest BCUT2D eigenvalue weighted by Gasteiger charge is -2.23. The summed E-state index contributed by atoms with van der Waals surface area (Å²) < 4.78 is 15.4. The number of methoxy groups -OCH3 is 3. The predicted octanol–water partition coefficient (Wildman–Crippen LogP) is 0.488. The molecule has 0 saturated heterocycles. The van der Waals surface area contributed by atoms with Crippen LogP contribution < -0.4 is 9.80 Å². The molecule has 0 atom stereocenters. The molecule has 0 amide bonds. The van der Waals surface area contributed by atoms with Gasteiger partial charge in [-0.15, -0.1) is 0 Å². The monoisotopic (exact) mass is 285 g/mol. The maximum atomic E-state index is 5.14. The summed E-state index contributed by atoms with van der Waals surface area (Å²) in [6.45, 7) is 3.08. The van der Waals surface area contributed by atoms with Crippen LogP contribution in [0.2, 0.25) is 0 Å². The second-order valence-electron chi connectivity index (χ2n) is 4.20. The molecular weight excluding hydrogens is 262 g/mol. The Balaban J connectivity index is 3.07. The minimum atomic E-state index is 0.342. The van der Waals surface area contributed by atoms with Crippen LogP contribution in [0.3, 0.4) is 0 Å². The highest BCUT2D eigenvalue weighted by Crippen LogP contribution is 2.13. The third-order valence-corrected chi connectivity index (χ3v) is 2.49. The van der Waals surface area contributed by atoms with Gasteiger partial charge in [-0.2, -0.15) is 15.0 Å². The van der Waals surface area contributed by atoms with Crippen molar-refractivity contribution in [3.63, 3.8) is 0 Å². The van der Waals surface area contributed by atoms with E-state index in [1.54, 1.807) is 26.2 Å². The number of ether oxygens (including phenoxy) is 3. The Hall–Kier alpha value is -1.51. The maximum Gasteiger partial charge on any atom is 0.234 e. The average Bonchev–Trinajstić information content (AvgIpc) is 2.46. The van der Waals surface area contributed by atoms with Crippen LogP contribution in [0.15, 0.2) is 0 Å². The zero-order chi connectivity index (χ0) is 15.0. The zero-order valence-electron chi connectivity index (χ0n) is 12.8. The standard InChI is InChI=1S/C12H23N5O3/c1-6-10-13-11(16(2)7-18-3)15-12(14-10)17(8-19-4)9-20-5/h6-9H2,1-5H3. The Labute approximate surface area is 119 Å². The molecule has 20 heavy (non-hydrogen) atoms. The number of hydrogen-bond acceptors (Lipinski definition) is 8. The van der Waals surface area contributed by atoms with Crippen molar-refractivity contribution < 1.29 is 14.2 Å². The molecule has 0 N–H and O–H groups in total. The van der Waals surface area contributed by atoms with Gasteiger partial charge < -0.3 is 19.1 Å². The molecule has 1 aromatic rings. The molecule has 0 aromatic carbocycles. The second-order valence-corrected chi connectivity index (χ2v) is 4.20. The van der Waals surface area contributed by atoms with Gasteiger partial charge in [0.1, 0.15) is 26.0 Å². The van der Waals surface area contributed by atoms with Crippen molar-refractivity contribution in [1.82, 2.24) is 15.0 Å². The molecule has 1 rings (SSSR count). The summed E-state index contributed by atoms with van der Waals surface area (Å²) >= 11 is 0. The van der Waals surface area contributed by atoms with Gasteiger partial charge >= 0.3 is 0 Å². The lowest BCUT2D eigenvalue weighted by Crippen LogP contribution is -2.31. The van der Waals surface area contributed by atoms with Gasteiger partial charge in [-0.3, -0.25) is 4.90 Å². The lowest BCUT2D eigenvalue weighted by molar-refractivity contribution is 0.138. The van der Waals surface area contributed by atoms with Crippen molar-refractivity contribution in [3.8, 4) is 0 Å². The van der Waals surface area contributed by atoms with Gasteiger partial charge in [-0.05, 0) is 0 Å². The van der Waals surface area contributed by atoms with E-state index in [0.717, 1.165) is 6.42 Å². The molecule has 1 aromatic heterocycles. The van der Waals surface area contributed by atoms with E-state index in [1.165, 1.54) is 0 Å². The van der Waals surface area contributed by atoms with Crippen LogP contribution in [0, 0.1) is 0 Å². The van der Waals surface area contributed by atoms with Crippen molar-refractivity contribution in [1.29, 1.82) is 0 Å². The first-order valence-corrected chi connectivity index (χ1v) is 6.34. The summed E-state index contributed by atoms with van der Waals surface area (Å²) in [5.74, 6) is 1.80. The van der Waals surface area contributed by atoms with Crippen LogP contribution in [-0.4, -0.2) is 63.5 Å². The molecule has 0 aliphatic rings. The molecule has 0 unspecified atom stereocenters. The van der Waals surface area contributed by atoms with Crippen molar-refractivity contribution in [2.24, 2.45) is 0 Å². The Morgan fingerprint density at radius 2 is 1.40 bits per heavy atom.